The molecule has 14 heavy (non-hydrogen) atoms. The van der Waals surface area contributed by atoms with Crippen molar-refractivity contribution in [3.05, 3.63) is 23.7 Å². The number of nitrogens with zero attached hydrogens (tertiary/aromatic N) is 1. The molecule has 0 amide bonds. The van der Waals surface area contributed by atoms with E-state index < -0.39 is 0 Å². The maximum Gasteiger partial charge on any atom is 0.170 e. The van der Waals surface area contributed by atoms with Crippen molar-refractivity contribution in [2.24, 2.45) is 5.92 Å². The molecule has 0 N–H and O–H groups in total. The summed E-state index contributed by atoms with van der Waals surface area (Å²) in [6, 6.07) is 1.79. The number of fused-ring (bicyclic) bond motifs is 1. The maximum atomic E-state index is 11.9. The summed E-state index contributed by atoms with van der Waals surface area (Å²) in [4.78, 5) is 14.0. The number of carbonyl (C=O) groups is 1. The fourth-order valence-corrected chi connectivity index (χ4v) is 2.03. The topological polar surface area (TPSA) is 33.5 Å². The molecule has 0 aliphatic heterocycles. The predicted octanol–water partition coefficient (Wildman–Crippen LogP) is 1.59. The van der Waals surface area contributed by atoms with Crippen LogP contribution in [0.1, 0.15) is 22.5 Å². The molecule has 1 heterocycles. The first-order valence-corrected chi connectivity index (χ1v) is 4.94. The summed E-state index contributed by atoms with van der Waals surface area (Å²) < 4.78 is 5.25. The molecule has 0 radical (unpaired) electrons. The van der Waals surface area contributed by atoms with E-state index in [9.17, 15) is 4.79 Å². The molecule has 1 atom stereocenters. The average Bonchev–Trinajstić information content (AvgIpc) is 2.57. The molecule has 2 rings (SSSR count). The summed E-state index contributed by atoms with van der Waals surface area (Å²) in [5.41, 5.74) is 0.795. The van der Waals surface area contributed by atoms with E-state index in [2.05, 4.69) is 4.90 Å². The number of furan rings is 1. The average molecular weight is 193 g/mol. The molecule has 1 aromatic rings. The van der Waals surface area contributed by atoms with Crippen LogP contribution in [0, 0.1) is 5.92 Å². The Morgan fingerprint density at radius 2 is 2.36 bits per heavy atom. The number of hydrogen-bond acceptors (Lipinski definition) is 3. The fraction of sp³-hybridized carbons (Fsp3) is 0.545. The standard InChI is InChI=1S/C11H15NO2/c1-12(2)7-8-3-4-10-9(11(8)13)5-6-14-10/h5-6,8H,3-4,7H2,1-2H3. The van der Waals surface area contributed by atoms with Gasteiger partial charge in [-0.2, -0.15) is 0 Å². The van der Waals surface area contributed by atoms with Crippen LogP contribution in [-0.2, 0) is 6.42 Å². The lowest BCUT2D eigenvalue weighted by Gasteiger charge is -2.22. The van der Waals surface area contributed by atoms with Crippen molar-refractivity contribution < 1.29 is 9.21 Å². The molecule has 0 saturated heterocycles. The number of aryl methyl sites for hydroxylation is 1. The van der Waals surface area contributed by atoms with Crippen molar-refractivity contribution in [1.82, 2.24) is 4.90 Å². The third-order valence-corrected chi connectivity index (χ3v) is 2.69. The van der Waals surface area contributed by atoms with E-state index >= 15 is 0 Å². The molecule has 1 aromatic heterocycles. The summed E-state index contributed by atoms with van der Waals surface area (Å²) >= 11 is 0. The number of ketones is 1. The summed E-state index contributed by atoms with van der Waals surface area (Å²) in [5, 5.41) is 0. The zero-order valence-electron chi connectivity index (χ0n) is 8.62. The molecule has 3 nitrogen and oxygen atoms in total. The minimum absolute atomic E-state index is 0.148. The van der Waals surface area contributed by atoms with Gasteiger partial charge in [0.2, 0.25) is 0 Å². The van der Waals surface area contributed by atoms with Crippen LogP contribution < -0.4 is 0 Å². The van der Waals surface area contributed by atoms with Crippen LogP contribution in [0.25, 0.3) is 0 Å². The van der Waals surface area contributed by atoms with Gasteiger partial charge in [-0.15, -0.1) is 0 Å². The highest BCUT2D eigenvalue weighted by molar-refractivity contribution is 5.99. The van der Waals surface area contributed by atoms with Crippen molar-refractivity contribution in [1.29, 1.82) is 0 Å². The Bertz CT molecular complexity index is 341. The molecular formula is C11H15NO2. The quantitative estimate of drug-likeness (QED) is 0.715. The van der Waals surface area contributed by atoms with Crippen molar-refractivity contribution in [3.63, 3.8) is 0 Å². The van der Waals surface area contributed by atoms with Crippen molar-refractivity contribution >= 4 is 5.78 Å². The third-order valence-electron chi connectivity index (χ3n) is 2.69. The van der Waals surface area contributed by atoms with E-state index in [4.69, 9.17) is 4.42 Å². The highest BCUT2D eigenvalue weighted by Gasteiger charge is 2.29. The molecule has 0 fully saturated rings. The Morgan fingerprint density at radius 3 is 3.07 bits per heavy atom. The molecular weight excluding hydrogens is 178 g/mol. The smallest absolute Gasteiger partial charge is 0.170 e. The van der Waals surface area contributed by atoms with Crippen molar-refractivity contribution in [2.75, 3.05) is 20.6 Å². The van der Waals surface area contributed by atoms with Gasteiger partial charge in [0.05, 0.1) is 11.8 Å². The fourth-order valence-electron chi connectivity index (χ4n) is 2.03. The van der Waals surface area contributed by atoms with Gasteiger partial charge in [0.15, 0.2) is 5.78 Å². The highest BCUT2D eigenvalue weighted by Crippen LogP contribution is 2.26. The van der Waals surface area contributed by atoms with Gasteiger partial charge >= 0.3 is 0 Å². The van der Waals surface area contributed by atoms with Gasteiger partial charge in [-0.3, -0.25) is 4.79 Å². The van der Waals surface area contributed by atoms with Crippen molar-refractivity contribution in [2.45, 2.75) is 12.8 Å². The zero-order valence-corrected chi connectivity index (χ0v) is 8.62. The zero-order chi connectivity index (χ0) is 10.1. The molecule has 0 bridgehead atoms. The molecule has 76 valence electrons. The Kier molecular flexibility index (Phi) is 2.42. The van der Waals surface area contributed by atoms with Crippen LogP contribution in [0.2, 0.25) is 0 Å². The maximum absolute atomic E-state index is 11.9. The largest absolute Gasteiger partial charge is 0.469 e. The van der Waals surface area contributed by atoms with E-state index in [1.165, 1.54) is 0 Å². The minimum Gasteiger partial charge on any atom is -0.469 e. The van der Waals surface area contributed by atoms with Crippen LogP contribution in [0.4, 0.5) is 0 Å². The van der Waals surface area contributed by atoms with Crippen LogP contribution >= 0.6 is 0 Å². The second-order valence-electron chi connectivity index (χ2n) is 4.12. The van der Waals surface area contributed by atoms with Gasteiger partial charge in [-0.25, -0.2) is 0 Å². The molecule has 1 aliphatic carbocycles. The second kappa shape index (κ2) is 3.58. The molecule has 1 unspecified atom stereocenters. The SMILES string of the molecule is CN(C)CC1CCc2occc2C1=O. The molecule has 1 aliphatic rings. The van der Waals surface area contributed by atoms with E-state index in [0.717, 1.165) is 30.7 Å². The van der Waals surface area contributed by atoms with Gasteiger partial charge < -0.3 is 9.32 Å². The Labute approximate surface area is 83.7 Å². The minimum atomic E-state index is 0.148. The predicted molar refractivity (Wildman–Crippen MR) is 53.4 cm³/mol. The first kappa shape index (κ1) is 9.46. The van der Waals surface area contributed by atoms with E-state index in [-0.39, 0.29) is 11.7 Å². The first-order chi connectivity index (χ1) is 6.68. The normalized spacial score (nSPS) is 21.4. The summed E-state index contributed by atoms with van der Waals surface area (Å²) in [5.74, 6) is 1.26. The number of carbonyl (C=O) groups excluding carboxylic acids is 1. The van der Waals surface area contributed by atoms with E-state index in [1.807, 2.05) is 14.1 Å². The Hall–Kier alpha value is -1.09. The Morgan fingerprint density at radius 1 is 1.57 bits per heavy atom. The Balaban J connectivity index is 2.17. The van der Waals surface area contributed by atoms with Crippen LogP contribution in [0.15, 0.2) is 16.7 Å². The molecule has 0 saturated carbocycles. The lowest BCUT2D eigenvalue weighted by atomic mass is 9.86. The van der Waals surface area contributed by atoms with Crippen LogP contribution in [0.3, 0.4) is 0 Å². The number of rotatable bonds is 2. The molecule has 0 spiro atoms. The lowest BCUT2D eigenvalue weighted by molar-refractivity contribution is 0.0872. The number of Topliss-reactive ketones (excluding diaryl/α,β-unsaturated/α-hetero) is 1. The van der Waals surface area contributed by atoms with E-state index in [0.29, 0.717) is 0 Å². The van der Waals surface area contributed by atoms with Gasteiger partial charge in [0, 0.05) is 18.9 Å². The van der Waals surface area contributed by atoms with Gasteiger partial charge in [-0.1, -0.05) is 0 Å². The molecule has 0 aromatic carbocycles. The third kappa shape index (κ3) is 1.60. The van der Waals surface area contributed by atoms with Gasteiger partial charge in [0.1, 0.15) is 5.76 Å². The molecule has 3 heteroatoms. The van der Waals surface area contributed by atoms with E-state index in [1.54, 1.807) is 12.3 Å². The van der Waals surface area contributed by atoms with Crippen LogP contribution in [-0.4, -0.2) is 31.3 Å². The summed E-state index contributed by atoms with van der Waals surface area (Å²) in [6.45, 7) is 0.837. The monoisotopic (exact) mass is 193 g/mol. The second-order valence-corrected chi connectivity index (χ2v) is 4.12. The van der Waals surface area contributed by atoms with Crippen molar-refractivity contribution in [3.8, 4) is 0 Å². The van der Waals surface area contributed by atoms with Crippen LogP contribution in [0.5, 0.6) is 0 Å². The van der Waals surface area contributed by atoms with Gasteiger partial charge in [-0.05, 0) is 26.6 Å². The number of hydrogen-bond donors (Lipinski definition) is 0. The first-order valence-electron chi connectivity index (χ1n) is 4.94. The van der Waals surface area contributed by atoms with Gasteiger partial charge in [0.25, 0.3) is 0 Å². The highest BCUT2D eigenvalue weighted by atomic mass is 16.3. The lowest BCUT2D eigenvalue weighted by Crippen LogP contribution is -2.31. The summed E-state index contributed by atoms with van der Waals surface area (Å²) in [6.07, 6.45) is 3.42. The summed E-state index contributed by atoms with van der Waals surface area (Å²) in [7, 11) is 4.00.